The average Bonchev–Trinajstić information content (AvgIpc) is 3.34. The smallest absolute Gasteiger partial charge is 0.256 e. The van der Waals surface area contributed by atoms with Crippen LogP contribution in [-0.4, -0.2) is 29.8 Å². The molecule has 0 radical (unpaired) electrons. The minimum absolute atomic E-state index is 0.00754. The molecule has 0 spiro atoms. The fourth-order valence-corrected chi connectivity index (χ4v) is 3.70. The summed E-state index contributed by atoms with van der Waals surface area (Å²) >= 11 is 6.09. The molecule has 2 amide bonds. The number of fused-ring (bicyclic) bond motifs is 1. The van der Waals surface area contributed by atoms with Crippen LogP contribution in [0.5, 0.6) is 0 Å². The van der Waals surface area contributed by atoms with Crippen molar-refractivity contribution in [2.24, 2.45) is 0 Å². The maximum atomic E-state index is 12.6. The fourth-order valence-electron chi connectivity index (χ4n) is 3.53. The number of hydrogen-bond acceptors (Lipinski definition) is 3. The second kappa shape index (κ2) is 8.20. The number of anilines is 1. The Kier molecular flexibility index (Phi) is 5.46. The molecule has 2 aromatic carbocycles. The summed E-state index contributed by atoms with van der Waals surface area (Å²) in [4.78, 5) is 26.8. The molecule has 1 aliphatic heterocycles. The molecular weight excluding hydrogens is 400 g/mol. The molecule has 3 aromatic rings. The van der Waals surface area contributed by atoms with E-state index in [9.17, 15) is 9.59 Å². The standard InChI is InChI=1S/C24H21ClN2O3/c1-3-27(4-2)24(29)16-7-5-6-15(12-16)22-11-9-18(30-22)14-20-19-13-17(25)8-10-21(19)26-23(20)28/h5-14H,3-4H2,1-2H3,(H,26,28)/b20-14+. The van der Waals surface area contributed by atoms with E-state index < -0.39 is 0 Å². The van der Waals surface area contributed by atoms with Gasteiger partial charge in [0.05, 0.1) is 5.57 Å². The first-order chi connectivity index (χ1) is 14.5. The Balaban J connectivity index is 1.64. The third-order valence-electron chi connectivity index (χ3n) is 5.12. The minimum atomic E-state index is -0.197. The van der Waals surface area contributed by atoms with E-state index in [2.05, 4.69) is 5.32 Å². The Morgan fingerprint density at radius 1 is 1.10 bits per heavy atom. The maximum Gasteiger partial charge on any atom is 0.256 e. The van der Waals surface area contributed by atoms with Gasteiger partial charge in [0.1, 0.15) is 11.5 Å². The summed E-state index contributed by atoms with van der Waals surface area (Å²) in [6, 6.07) is 16.3. The van der Waals surface area contributed by atoms with Gasteiger partial charge in [-0.1, -0.05) is 23.7 Å². The van der Waals surface area contributed by atoms with Crippen LogP contribution < -0.4 is 5.32 Å². The van der Waals surface area contributed by atoms with Crippen LogP contribution in [0, 0.1) is 0 Å². The van der Waals surface area contributed by atoms with Crippen LogP contribution in [0.15, 0.2) is 59.0 Å². The molecule has 2 heterocycles. The maximum absolute atomic E-state index is 12.6. The molecular formula is C24H21ClN2O3. The number of furan rings is 1. The van der Waals surface area contributed by atoms with Gasteiger partial charge in [0, 0.05) is 40.5 Å². The van der Waals surface area contributed by atoms with Crippen molar-refractivity contribution in [3.05, 3.63) is 76.5 Å². The van der Waals surface area contributed by atoms with Crippen molar-refractivity contribution in [2.45, 2.75) is 13.8 Å². The lowest BCUT2D eigenvalue weighted by Crippen LogP contribution is -2.30. The number of amides is 2. The molecule has 0 atom stereocenters. The number of rotatable bonds is 5. The summed E-state index contributed by atoms with van der Waals surface area (Å²) in [6.07, 6.45) is 1.70. The Morgan fingerprint density at radius 3 is 2.67 bits per heavy atom. The van der Waals surface area contributed by atoms with Gasteiger partial charge >= 0.3 is 0 Å². The Hall–Kier alpha value is -3.31. The molecule has 0 aliphatic carbocycles. The first-order valence-corrected chi connectivity index (χ1v) is 10.2. The van der Waals surface area contributed by atoms with Gasteiger partial charge in [0.2, 0.25) is 0 Å². The lowest BCUT2D eigenvalue weighted by Gasteiger charge is -2.18. The van der Waals surface area contributed by atoms with E-state index in [1.807, 2.05) is 38.1 Å². The Labute approximate surface area is 180 Å². The zero-order valence-corrected chi connectivity index (χ0v) is 17.5. The average molecular weight is 421 g/mol. The van der Waals surface area contributed by atoms with Crippen molar-refractivity contribution < 1.29 is 14.0 Å². The van der Waals surface area contributed by atoms with Gasteiger partial charge in [-0.3, -0.25) is 9.59 Å². The highest BCUT2D eigenvalue weighted by Crippen LogP contribution is 2.35. The molecule has 5 nitrogen and oxygen atoms in total. The van der Waals surface area contributed by atoms with Crippen molar-refractivity contribution in [2.75, 3.05) is 18.4 Å². The Morgan fingerprint density at radius 2 is 1.90 bits per heavy atom. The summed E-state index contributed by atoms with van der Waals surface area (Å²) in [7, 11) is 0. The molecule has 0 bridgehead atoms. The number of hydrogen-bond donors (Lipinski definition) is 1. The number of carbonyl (C=O) groups is 2. The fraction of sp³-hybridized carbons (Fsp3) is 0.167. The zero-order chi connectivity index (χ0) is 21.3. The van der Waals surface area contributed by atoms with E-state index >= 15 is 0 Å². The van der Waals surface area contributed by atoms with E-state index in [-0.39, 0.29) is 11.8 Å². The van der Waals surface area contributed by atoms with Gasteiger partial charge in [-0.2, -0.15) is 0 Å². The first-order valence-electron chi connectivity index (χ1n) is 9.82. The minimum Gasteiger partial charge on any atom is -0.457 e. The van der Waals surface area contributed by atoms with Crippen molar-refractivity contribution in [3.63, 3.8) is 0 Å². The molecule has 0 saturated carbocycles. The van der Waals surface area contributed by atoms with Crippen LogP contribution in [-0.2, 0) is 4.79 Å². The number of nitrogens with one attached hydrogen (secondary N) is 1. The Bertz CT molecular complexity index is 1160. The molecule has 152 valence electrons. The SMILES string of the molecule is CCN(CC)C(=O)c1cccc(-c2ccc(/C=C3/C(=O)Nc4ccc(Cl)cc43)o2)c1. The summed E-state index contributed by atoms with van der Waals surface area (Å²) in [5, 5.41) is 3.39. The van der Waals surface area contributed by atoms with Gasteiger partial charge in [0.15, 0.2) is 0 Å². The second-order valence-corrected chi connectivity index (χ2v) is 7.40. The quantitative estimate of drug-likeness (QED) is 0.548. The van der Waals surface area contributed by atoms with Gasteiger partial charge in [-0.15, -0.1) is 0 Å². The van der Waals surface area contributed by atoms with Crippen molar-refractivity contribution in [1.82, 2.24) is 4.90 Å². The largest absolute Gasteiger partial charge is 0.457 e. The van der Waals surface area contributed by atoms with Crippen molar-refractivity contribution in [1.29, 1.82) is 0 Å². The summed E-state index contributed by atoms with van der Waals surface area (Å²) in [6.45, 7) is 5.24. The zero-order valence-electron chi connectivity index (χ0n) is 16.7. The van der Waals surface area contributed by atoms with Crippen molar-refractivity contribution >= 4 is 40.8 Å². The summed E-state index contributed by atoms with van der Waals surface area (Å²) < 4.78 is 5.96. The normalized spacial score (nSPS) is 14.0. The molecule has 1 aromatic heterocycles. The first kappa shape index (κ1) is 20.0. The molecule has 30 heavy (non-hydrogen) atoms. The van der Waals surface area contributed by atoms with E-state index in [0.717, 1.165) is 16.8 Å². The molecule has 4 rings (SSSR count). The van der Waals surface area contributed by atoms with Gasteiger partial charge < -0.3 is 14.6 Å². The van der Waals surface area contributed by atoms with Crippen LogP contribution in [0.1, 0.15) is 35.5 Å². The topological polar surface area (TPSA) is 62.6 Å². The lowest BCUT2D eigenvalue weighted by molar-refractivity contribution is -0.110. The lowest BCUT2D eigenvalue weighted by atomic mass is 10.1. The van der Waals surface area contributed by atoms with Crippen LogP contribution >= 0.6 is 11.6 Å². The second-order valence-electron chi connectivity index (χ2n) is 6.96. The third kappa shape index (κ3) is 3.76. The number of nitrogens with zero attached hydrogens (tertiary/aromatic N) is 1. The third-order valence-corrected chi connectivity index (χ3v) is 5.36. The van der Waals surface area contributed by atoms with Crippen LogP contribution in [0.4, 0.5) is 5.69 Å². The molecule has 6 heteroatoms. The van der Waals surface area contributed by atoms with E-state index in [0.29, 0.717) is 40.8 Å². The van der Waals surface area contributed by atoms with Gasteiger partial charge in [-0.05, 0) is 62.4 Å². The molecule has 0 saturated heterocycles. The highest BCUT2D eigenvalue weighted by molar-refractivity contribution is 6.36. The van der Waals surface area contributed by atoms with E-state index in [4.69, 9.17) is 16.0 Å². The van der Waals surface area contributed by atoms with Crippen LogP contribution in [0.3, 0.4) is 0 Å². The van der Waals surface area contributed by atoms with E-state index in [1.165, 1.54) is 0 Å². The van der Waals surface area contributed by atoms with Crippen LogP contribution in [0.2, 0.25) is 5.02 Å². The monoisotopic (exact) mass is 420 g/mol. The summed E-state index contributed by atoms with van der Waals surface area (Å²) in [5.74, 6) is 0.966. The highest BCUT2D eigenvalue weighted by atomic mass is 35.5. The molecule has 1 N–H and O–H groups in total. The van der Waals surface area contributed by atoms with Gasteiger partial charge in [0.25, 0.3) is 11.8 Å². The van der Waals surface area contributed by atoms with Crippen molar-refractivity contribution in [3.8, 4) is 11.3 Å². The number of carbonyl (C=O) groups excluding carboxylic acids is 2. The van der Waals surface area contributed by atoms with Gasteiger partial charge in [-0.25, -0.2) is 0 Å². The highest BCUT2D eigenvalue weighted by Gasteiger charge is 2.24. The van der Waals surface area contributed by atoms with E-state index in [1.54, 1.807) is 41.3 Å². The molecule has 1 aliphatic rings. The van der Waals surface area contributed by atoms with Crippen LogP contribution in [0.25, 0.3) is 23.0 Å². The number of benzene rings is 2. The molecule has 0 unspecified atom stereocenters. The summed E-state index contributed by atoms with van der Waals surface area (Å²) in [5.41, 5.74) is 3.39. The predicted molar refractivity (Wildman–Crippen MR) is 119 cm³/mol. The number of halogens is 1. The predicted octanol–water partition coefficient (Wildman–Crippen LogP) is 5.57. The molecule has 0 fully saturated rings.